The number of fused-ring (bicyclic) bond motifs is 2. The van der Waals surface area contributed by atoms with Crippen molar-refractivity contribution in [1.29, 1.82) is 0 Å². The Labute approximate surface area is 251 Å². The van der Waals surface area contributed by atoms with Gasteiger partial charge in [-0.2, -0.15) is 16.8 Å². The maximum atomic E-state index is 10.5. The Hall–Kier alpha value is -4.54. The van der Waals surface area contributed by atoms with Gasteiger partial charge in [0.2, 0.25) is 0 Å². The Morgan fingerprint density at radius 1 is 0.465 bits per heavy atom. The largest absolute Gasteiger partial charge is 0.507 e. The van der Waals surface area contributed by atoms with Gasteiger partial charge in [-0.1, -0.05) is 108 Å². The van der Waals surface area contributed by atoms with Crippen molar-refractivity contribution in [2.45, 2.75) is 23.6 Å². The molecule has 3 N–H and O–H groups in total. The molecular formula is C34H30O7S2. The molecule has 6 aromatic carbocycles. The van der Waals surface area contributed by atoms with Gasteiger partial charge in [-0.05, 0) is 71.3 Å². The Morgan fingerprint density at radius 2 is 0.884 bits per heavy atom. The van der Waals surface area contributed by atoms with E-state index in [0.29, 0.717) is 5.75 Å². The predicted molar refractivity (Wildman–Crippen MR) is 171 cm³/mol. The number of phenols is 1. The number of rotatable bonds is 3. The Kier molecular flexibility index (Phi) is 9.63. The van der Waals surface area contributed by atoms with Gasteiger partial charge in [0.15, 0.2) is 0 Å². The highest BCUT2D eigenvalue weighted by Gasteiger charge is 2.12. The third kappa shape index (κ3) is 8.06. The van der Waals surface area contributed by atoms with Crippen molar-refractivity contribution >= 4 is 41.8 Å². The van der Waals surface area contributed by atoms with Crippen LogP contribution in [0.2, 0.25) is 0 Å². The highest BCUT2D eigenvalue weighted by molar-refractivity contribution is 7.86. The van der Waals surface area contributed by atoms with E-state index in [4.69, 9.17) is 9.11 Å². The first-order valence-corrected chi connectivity index (χ1v) is 16.0. The first-order chi connectivity index (χ1) is 20.3. The van der Waals surface area contributed by atoms with Crippen LogP contribution >= 0.6 is 0 Å². The summed E-state index contributed by atoms with van der Waals surface area (Å²) < 4.78 is 59.1. The molecule has 0 aliphatic rings. The normalized spacial score (nSPS) is 11.3. The SMILES string of the molecule is Cc1ccc(S(=O)(=O)O)cc1.Cc1ccc(S(=O)(=O)O)cc1.Oc1ccc2ccccc2c1-c1cccc2ccccc12. The van der Waals surface area contributed by atoms with Crippen molar-refractivity contribution in [3.05, 3.63) is 139 Å². The van der Waals surface area contributed by atoms with Gasteiger partial charge in [0.25, 0.3) is 20.2 Å². The smallest absolute Gasteiger partial charge is 0.294 e. The maximum absolute atomic E-state index is 10.5. The van der Waals surface area contributed by atoms with Crippen LogP contribution in [-0.4, -0.2) is 31.0 Å². The lowest BCUT2D eigenvalue weighted by atomic mass is 9.93. The lowest BCUT2D eigenvalue weighted by Gasteiger charge is -2.12. The molecule has 220 valence electrons. The van der Waals surface area contributed by atoms with Crippen LogP contribution in [-0.2, 0) is 20.2 Å². The first kappa shape index (κ1) is 31.4. The first-order valence-electron chi connectivity index (χ1n) is 13.1. The average molecular weight is 615 g/mol. The van der Waals surface area contributed by atoms with Crippen LogP contribution in [0, 0.1) is 13.8 Å². The fourth-order valence-electron chi connectivity index (χ4n) is 4.41. The molecule has 6 rings (SSSR count). The summed E-state index contributed by atoms with van der Waals surface area (Å²) in [7, 11) is -8.04. The van der Waals surface area contributed by atoms with Gasteiger partial charge in [0.1, 0.15) is 5.75 Å². The second kappa shape index (κ2) is 13.2. The Balaban J connectivity index is 0.000000164. The fraction of sp³-hybridized carbons (Fsp3) is 0.0588. The average Bonchev–Trinajstić information content (AvgIpc) is 2.97. The van der Waals surface area contributed by atoms with E-state index in [1.165, 1.54) is 29.7 Å². The monoisotopic (exact) mass is 614 g/mol. The van der Waals surface area contributed by atoms with Crippen LogP contribution in [0.15, 0.2) is 137 Å². The molecule has 0 spiro atoms. The number of hydrogen-bond donors (Lipinski definition) is 3. The molecule has 0 radical (unpaired) electrons. The molecule has 0 aliphatic carbocycles. The molecule has 0 saturated carbocycles. The van der Waals surface area contributed by atoms with Crippen molar-refractivity contribution in [3.8, 4) is 16.9 Å². The lowest BCUT2D eigenvalue weighted by Crippen LogP contribution is -1.96. The van der Waals surface area contributed by atoms with Crippen molar-refractivity contribution in [2.75, 3.05) is 0 Å². The van der Waals surface area contributed by atoms with E-state index in [-0.39, 0.29) is 9.79 Å². The van der Waals surface area contributed by atoms with Gasteiger partial charge in [-0.15, -0.1) is 0 Å². The molecule has 0 aromatic heterocycles. The van der Waals surface area contributed by atoms with Gasteiger partial charge in [0, 0.05) is 5.56 Å². The summed E-state index contributed by atoms with van der Waals surface area (Å²) in [5.74, 6) is 0.324. The summed E-state index contributed by atoms with van der Waals surface area (Å²) in [6.07, 6.45) is 0. The third-order valence-electron chi connectivity index (χ3n) is 6.60. The molecule has 6 aromatic rings. The molecule has 0 aliphatic heterocycles. The van der Waals surface area contributed by atoms with Gasteiger partial charge in [-0.3, -0.25) is 9.11 Å². The third-order valence-corrected chi connectivity index (χ3v) is 8.34. The number of benzene rings is 6. The Bertz CT molecular complexity index is 2010. The van der Waals surface area contributed by atoms with E-state index >= 15 is 0 Å². The van der Waals surface area contributed by atoms with Crippen molar-refractivity contribution in [1.82, 2.24) is 0 Å². The standard InChI is InChI=1S/C20H14O.2C7H8O3S/c21-19-13-12-15-7-2-4-10-17(15)20(19)18-11-5-8-14-6-1-3-9-16(14)18;2*1-6-2-4-7(5-3-6)11(8,9)10/h1-13,21H;2*2-5H,1H3,(H,8,9,10). The Morgan fingerprint density at radius 3 is 1.37 bits per heavy atom. The highest BCUT2D eigenvalue weighted by Crippen LogP contribution is 2.39. The van der Waals surface area contributed by atoms with E-state index in [1.807, 2.05) is 50.2 Å². The summed E-state index contributed by atoms with van der Waals surface area (Å²) in [6.45, 7) is 3.68. The minimum absolute atomic E-state index is 0.0666. The molecular weight excluding hydrogens is 585 g/mol. The van der Waals surface area contributed by atoms with Crippen LogP contribution in [0.4, 0.5) is 0 Å². The van der Waals surface area contributed by atoms with Crippen molar-refractivity contribution in [2.24, 2.45) is 0 Å². The van der Waals surface area contributed by atoms with E-state index in [2.05, 4.69) is 36.4 Å². The van der Waals surface area contributed by atoms with Crippen LogP contribution in [0.1, 0.15) is 11.1 Å². The zero-order chi connectivity index (χ0) is 31.2. The molecule has 0 atom stereocenters. The molecule has 0 amide bonds. The number of aryl methyl sites for hydroxylation is 2. The van der Waals surface area contributed by atoms with E-state index in [1.54, 1.807) is 30.3 Å². The molecule has 0 saturated heterocycles. The highest BCUT2D eigenvalue weighted by atomic mass is 32.2. The number of aromatic hydroxyl groups is 1. The van der Waals surface area contributed by atoms with Crippen LogP contribution < -0.4 is 0 Å². The summed E-state index contributed by atoms with van der Waals surface area (Å²) in [5.41, 5.74) is 3.89. The summed E-state index contributed by atoms with van der Waals surface area (Å²) in [5, 5.41) is 15.0. The van der Waals surface area contributed by atoms with Gasteiger partial charge >= 0.3 is 0 Å². The maximum Gasteiger partial charge on any atom is 0.294 e. The molecule has 0 bridgehead atoms. The zero-order valence-electron chi connectivity index (χ0n) is 23.4. The summed E-state index contributed by atoms with van der Waals surface area (Å²) >= 11 is 0. The molecule has 0 unspecified atom stereocenters. The molecule has 43 heavy (non-hydrogen) atoms. The topological polar surface area (TPSA) is 129 Å². The molecule has 0 fully saturated rings. The van der Waals surface area contributed by atoms with E-state index in [0.717, 1.165) is 38.4 Å². The second-order valence-corrected chi connectivity index (χ2v) is 12.6. The fourth-order valence-corrected chi connectivity index (χ4v) is 5.37. The summed E-state index contributed by atoms with van der Waals surface area (Å²) in [4.78, 5) is -0.133. The minimum atomic E-state index is -4.02. The van der Waals surface area contributed by atoms with Crippen molar-refractivity contribution in [3.63, 3.8) is 0 Å². The molecule has 7 nitrogen and oxygen atoms in total. The van der Waals surface area contributed by atoms with E-state index < -0.39 is 20.2 Å². The van der Waals surface area contributed by atoms with Crippen molar-refractivity contribution < 1.29 is 31.0 Å². The van der Waals surface area contributed by atoms with Crippen LogP contribution in [0.3, 0.4) is 0 Å². The predicted octanol–water partition coefficient (Wildman–Crippen LogP) is 7.85. The zero-order valence-corrected chi connectivity index (χ0v) is 25.0. The van der Waals surface area contributed by atoms with Gasteiger partial charge < -0.3 is 5.11 Å². The minimum Gasteiger partial charge on any atom is -0.507 e. The number of phenolic OH excluding ortho intramolecular Hbond substituents is 1. The van der Waals surface area contributed by atoms with Crippen LogP contribution in [0.5, 0.6) is 5.75 Å². The molecule has 9 heteroatoms. The van der Waals surface area contributed by atoms with E-state index in [9.17, 15) is 21.9 Å². The summed E-state index contributed by atoms with van der Waals surface area (Å²) in [6, 6.07) is 38.4. The number of hydrogen-bond acceptors (Lipinski definition) is 5. The quantitative estimate of drug-likeness (QED) is 0.173. The molecule has 0 heterocycles. The van der Waals surface area contributed by atoms with Gasteiger partial charge in [-0.25, -0.2) is 0 Å². The van der Waals surface area contributed by atoms with Gasteiger partial charge in [0.05, 0.1) is 9.79 Å². The second-order valence-electron chi connectivity index (χ2n) is 9.78. The van der Waals surface area contributed by atoms with Crippen LogP contribution in [0.25, 0.3) is 32.7 Å². The lowest BCUT2D eigenvalue weighted by molar-refractivity contribution is 0.478.